The molecular formula is C22H23N3O2. The number of nitrogens with zero attached hydrogens (tertiary/aromatic N) is 2. The molecule has 2 aromatic heterocycles. The Morgan fingerprint density at radius 3 is 2.41 bits per heavy atom. The molecule has 0 unspecified atom stereocenters. The van der Waals surface area contributed by atoms with Crippen LogP contribution >= 0.6 is 0 Å². The number of benzene rings is 1. The summed E-state index contributed by atoms with van der Waals surface area (Å²) in [5, 5.41) is 3.76. The lowest BCUT2D eigenvalue weighted by Crippen LogP contribution is -2.34. The van der Waals surface area contributed by atoms with E-state index in [0.717, 1.165) is 34.7 Å². The van der Waals surface area contributed by atoms with E-state index in [1.807, 2.05) is 30.7 Å². The van der Waals surface area contributed by atoms with Crippen molar-refractivity contribution in [1.29, 1.82) is 0 Å². The highest BCUT2D eigenvalue weighted by Gasteiger charge is 2.30. The molecule has 0 aliphatic carbocycles. The molecular weight excluding hydrogens is 338 g/mol. The van der Waals surface area contributed by atoms with Crippen LogP contribution in [0.4, 0.5) is 0 Å². The Morgan fingerprint density at radius 2 is 1.74 bits per heavy atom. The normalized spacial score (nSPS) is 18.6. The van der Waals surface area contributed by atoms with Crippen molar-refractivity contribution < 1.29 is 9.47 Å². The van der Waals surface area contributed by atoms with Gasteiger partial charge in [-0.15, -0.1) is 0 Å². The SMILES string of the molecule is COc1cc2c(cc1OC)[C@@H](c1ccncc1)N[C@@H](c1ccc(C)cn1)C2. The van der Waals surface area contributed by atoms with E-state index in [0.29, 0.717) is 0 Å². The van der Waals surface area contributed by atoms with Crippen molar-refractivity contribution in [3.05, 3.63) is 82.9 Å². The first kappa shape index (κ1) is 17.5. The van der Waals surface area contributed by atoms with Gasteiger partial charge < -0.3 is 9.47 Å². The van der Waals surface area contributed by atoms with Gasteiger partial charge in [0.15, 0.2) is 11.5 Å². The van der Waals surface area contributed by atoms with Gasteiger partial charge in [0, 0.05) is 18.6 Å². The number of aryl methyl sites for hydroxylation is 1. The van der Waals surface area contributed by atoms with Gasteiger partial charge in [0.1, 0.15) is 0 Å². The van der Waals surface area contributed by atoms with Crippen molar-refractivity contribution in [3.63, 3.8) is 0 Å². The monoisotopic (exact) mass is 361 g/mol. The molecule has 3 aromatic rings. The fourth-order valence-electron chi connectivity index (χ4n) is 3.66. The molecule has 1 aliphatic rings. The molecule has 2 atom stereocenters. The zero-order valence-corrected chi connectivity index (χ0v) is 15.8. The maximum atomic E-state index is 5.53. The summed E-state index contributed by atoms with van der Waals surface area (Å²) in [7, 11) is 3.34. The Morgan fingerprint density at radius 1 is 1.00 bits per heavy atom. The summed E-state index contributed by atoms with van der Waals surface area (Å²) in [4.78, 5) is 8.81. The van der Waals surface area contributed by atoms with Gasteiger partial charge in [0.05, 0.1) is 32.0 Å². The highest BCUT2D eigenvalue weighted by Crippen LogP contribution is 2.40. The average molecular weight is 361 g/mol. The van der Waals surface area contributed by atoms with Crippen LogP contribution in [0.2, 0.25) is 0 Å². The van der Waals surface area contributed by atoms with Gasteiger partial charge in [-0.2, -0.15) is 0 Å². The van der Waals surface area contributed by atoms with E-state index in [-0.39, 0.29) is 12.1 Å². The van der Waals surface area contributed by atoms with Crippen molar-refractivity contribution in [2.45, 2.75) is 25.4 Å². The summed E-state index contributed by atoms with van der Waals surface area (Å²) < 4.78 is 11.1. The highest BCUT2D eigenvalue weighted by molar-refractivity contribution is 5.52. The van der Waals surface area contributed by atoms with E-state index < -0.39 is 0 Å². The maximum Gasteiger partial charge on any atom is 0.161 e. The molecule has 0 amide bonds. The Kier molecular flexibility index (Phi) is 4.77. The molecule has 0 saturated carbocycles. The number of fused-ring (bicyclic) bond motifs is 1. The molecule has 5 nitrogen and oxygen atoms in total. The van der Waals surface area contributed by atoms with E-state index in [1.165, 1.54) is 11.1 Å². The molecule has 138 valence electrons. The van der Waals surface area contributed by atoms with Crippen LogP contribution in [0, 0.1) is 6.92 Å². The zero-order valence-electron chi connectivity index (χ0n) is 15.8. The van der Waals surface area contributed by atoms with E-state index in [4.69, 9.17) is 9.47 Å². The summed E-state index contributed by atoms with van der Waals surface area (Å²) in [6.07, 6.45) is 6.41. The van der Waals surface area contributed by atoms with Crippen molar-refractivity contribution in [2.24, 2.45) is 0 Å². The fourth-order valence-corrected chi connectivity index (χ4v) is 3.66. The minimum absolute atomic E-state index is 0.0321. The first-order valence-electron chi connectivity index (χ1n) is 9.03. The van der Waals surface area contributed by atoms with Crippen molar-refractivity contribution in [2.75, 3.05) is 14.2 Å². The second kappa shape index (κ2) is 7.37. The summed E-state index contributed by atoms with van der Waals surface area (Å²) >= 11 is 0. The Labute approximate surface area is 159 Å². The van der Waals surface area contributed by atoms with E-state index in [9.17, 15) is 0 Å². The van der Waals surface area contributed by atoms with Gasteiger partial charge in [-0.25, -0.2) is 0 Å². The molecule has 0 radical (unpaired) electrons. The molecule has 4 rings (SSSR count). The first-order valence-corrected chi connectivity index (χ1v) is 9.03. The van der Waals surface area contributed by atoms with Gasteiger partial charge in [0.25, 0.3) is 0 Å². The Balaban J connectivity index is 1.81. The van der Waals surface area contributed by atoms with Crippen LogP contribution in [-0.4, -0.2) is 24.2 Å². The van der Waals surface area contributed by atoms with Crippen LogP contribution < -0.4 is 14.8 Å². The second-order valence-corrected chi connectivity index (χ2v) is 6.80. The lowest BCUT2D eigenvalue weighted by Gasteiger charge is -2.34. The van der Waals surface area contributed by atoms with Crippen LogP contribution in [0.25, 0.3) is 0 Å². The number of nitrogens with one attached hydrogen (secondary N) is 1. The number of rotatable bonds is 4. The predicted octanol–water partition coefficient (Wildman–Crippen LogP) is 3.78. The summed E-state index contributed by atoms with van der Waals surface area (Å²) in [5.74, 6) is 1.49. The standard InChI is InChI=1S/C22H23N3O2/c1-14-4-5-18(24-13-14)19-10-16-11-20(26-2)21(27-3)12-17(16)22(25-19)15-6-8-23-9-7-15/h4-9,11-13,19,22,25H,10H2,1-3H3/t19-,22-/m1/s1. The van der Waals surface area contributed by atoms with Gasteiger partial charge in [-0.3, -0.25) is 15.3 Å². The Bertz CT molecular complexity index is 926. The van der Waals surface area contributed by atoms with E-state index in [2.05, 4.69) is 46.5 Å². The minimum Gasteiger partial charge on any atom is -0.493 e. The van der Waals surface area contributed by atoms with Crippen molar-refractivity contribution in [1.82, 2.24) is 15.3 Å². The van der Waals surface area contributed by atoms with Crippen molar-refractivity contribution >= 4 is 0 Å². The van der Waals surface area contributed by atoms with E-state index in [1.54, 1.807) is 14.2 Å². The van der Waals surface area contributed by atoms with Gasteiger partial charge in [0.2, 0.25) is 0 Å². The molecule has 1 aliphatic heterocycles. The predicted molar refractivity (Wildman–Crippen MR) is 104 cm³/mol. The largest absolute Gasteiger partial charge is 0.493 e. The molecule has 0 saturated heterocycles. The molecule has 3 heterocycles. The smallest absolute Gasteiger partial charge is 0.161 e. The van der Waals surface area contributed by atoms with E-state index >= 15 is 0 Å². The number of aromatic nitrogens is 2. The van der Waals surface area contributed by atoms with Crippen LogP contribution in [0.15, 0.2) is 55.0 Å². The highest BCUT2D eigenvalue weighted by atomic mass is 16.5. The van der Waals surface area contributed by atoms with Crippen LogP contribution in [0.5, 0.6) is 11.5 Å². The summed E-state index contributed by atoms with van der Waals surface area (Å²) in [6, 6.07) is 12.6. The third kappa shape index (κ3) is 3.38. The topological polar surface area (TPSA) is 56.3 Å². The van der Waals surface area contributed by atoms with Crippen LogP contribution in [0.3, 0.4) is 0 Å². The molecule has 27 heavy (non-hydrogen) atoms. The lowest BCUT2D eigenvalue weighted by molar-refractivity contribution is 0.350. The third-order valence-corrected chi connectivity index (χ3v) is 5.08. The summed E-state index contributed by atoms with van der Waals surface area (Å²) in [5.41, 5.74) is 5.80. The number of hydrogen-bond acceptors (Lipinski definition) is 5. The zero-order chi connectivity index (χ0) is 18.8. The Hall–Kier alpha value is -2.92. The van der Waals surface area contributed by atoms with Gasteiger partial charge in [-0.1, -0.05) is 6.07 Å². The third-order valence-electron chi connectivity index (χ3n) is 5.08. The maximum absolute atomic E-state index is 5.53. The molecule has 0 spiro atoms. The molecule has 1 aromatic carbocycles. The molecule has 0 bridgehead atoms. The second-order valence-electron chi connectivity index (χ2n) is 6.80. The van der Waals surface area contributed by atoms with Gasteiger partial charge in [-0.05, 0) is 65.9 Å². The van der Waals surface area contributed by atoms with Crippen molar-refractivity contribution in [3.8, 4) is 11.5 Å². The molecule has 1 N–H and O–H groups in total. The number of hydrogen-bond donors (Lipinski definition) is 1. The van der Waals surface area contributed by atoms with Gasteiger partial charge >= 0.3 is 0 Å². The number of pyridine rings is 2. The molecule has 0 fully saturated rings. The number of ether oxygens (including phenoxy) is 2. The van der Waals surface area contributed by atoms with Crippen LogP contribution in [0.1, 0.15) is 40.0 Å². The minimum atomic E-state index is 0.0321. The first-order chi connectivity index (χ1) is 13.2. The fraction of sp³-hybridized carbons (Fsp3) is 0.273. The molecule has 5 heteroatoms. The quantitative estimate of drug-likeness (QED) is 0.766. The number of methoxy groups -OCH3 is 2. The lowest BCUT2D eigenvalue weighted by atomic mass is 9.85. The average Bonchev–Trinajstić information content (AvgIpc) is 2.73. The van der Waals surface area contributed by atoms with Crippen LogP contribution in [-0.2, 0) is 6.42 Å². The summed E-state index contributed by atoms with van der Waals surface area (Å²) in [6.45, 7) is 2.05.